The minimum Gasteiger partial charge on any atom is -0.321 e. The van der Waals surface area contributed by atoms with E-state index in [9.17, 15) is 4.79 Å². The predicted molar refractivity (Wildman–Crippen MR) is 67.0 cm³/mol. The van der Waals surface area contributed by atoms with Crippen LogP contribution < -0.4 is 5.32 Å². The molecule has 0 saturated heterocycles. The lowest BCUT2D eigenvalue weighted by Gasteiger charge is -2.04. The van der Waals surface area contributed by atoms with Crippen molar-refractivity contribution in [1.29, 1.82) is 5.26 Å². The third-order valence-corrected chi connectivity index (χ3v) is 2.52. The highest BCUT2D eigenvalue weighted by molar-refractivity contribution is 6.04. The maximum atomic E-state index is 11.9. The van der Waals surface area contributed by atoms with Crippen molar-refractivity contribution < 1.29 is 4.79 Å². The number of rotatable bonds is 3. The van der Waals surface area contributed by atoms with Crippen molar-refractivity contribution in [2.24, 2.45) is 0 Å². The first-order chi connectivity index (χ1) is 8.74. The Morgan fingerprint density at radius 3 is 2.94 bits per heavy atom. The predicted octanol–water partition coefficient (Wildman–Crippen LogP) is 2.03. The molecule has 0 aliphatic carbocycles. The van der Waals surface area contributed by atoms with E-state index in [0.29, 0.717) is 23.4 Å². The molecule has 2 aromatic rings. The Balaban J connectivity index is 2.19. The maximum Gasteiger partial charge on any atom is 0.258 e. The van der Waals surface area contributed by atoms with Crippen LogP contribution in [0.4, 0.5) is 5.69 Å². The first-order valence-electron chi connectivity index (χ1n) is 5.57. The van der Waals surface area contributed by atoms with Gasteiger partial charge in [-0.3, -0.25) is 9.48 Å². The molecule has 90 valence electrons. The van der Waals surface area contributed by atoms with Crippen molar-refractivity contribution in [3.8, 4) is 6.07 Å². The van der Waals surface area contributed by atoms with Gasteiger partial charge in [-0.15, -0.1) is 0 Å². The molecule has 1 aromatic heterocycles. The molecule has 2 rings (SSSR count). The fraction of sp³-hybridized carbons (Fsp3) is 0.154. The molecular formula is C13H12N4O. The minimum atomic E-state index is -0.266. The van der Waals surface area contributed by atoms with Crippen molar-refractivity contribution in [3.05, 3.63) is 47.8 Å². The standard InChI is InChI=1S/C13H12N4O/c1-2-17-9-11(8-15-17)13(18)16-12-6-4-3-5-10(12)7-14/h3-6,8-9H,2H2,1H3,(H,16,18). The number of carbonyl (C=O) groups excluding carboxylic acids is 1. The summed E-state index contributed by atoms with van der Waals surface area (Å²) in [4.78, 5) is 11.9. The lowest BCUT2D eigenvalue weighted by molar-refractivity contribution is 0.102. The molecule has 0 radical (unpaired) electrons. The molecule has 0 bridgehead atoms. The number of para-hydroxylation sites is 1. The Labute approximate surface area is 105 Å². The van der Waals surface area contributed by atoms with E-state index in [0.717, 1.165) is 0 Å². The van der Waals surface area contributed by atoms with Gasteiger partial charge in [0.15, 0.2) is 0 Å². The topological polar surface area (TPSA) is 70.7 Å². The van der Waals surface area contributed by atoms with Gasteiger partial charge in [-0.25, -0.2) is 0 Å². The lowest BCUT2D eigenvalue weighted by atomic mass is 10.2. The number of aromatic nitrogens is 2. The molecule has 0 unspecified atom stereocenters. The van der Waals surface area contributed by atoms with Crippen LogP contribution in [0.2, 0.25) is 0 Å². The maximum absolute atomic E-state index is 11.9. The van der Waals surface area contributed by atoms with Crippen molar-refractivity contribution in [1.82, 2.24) is 9.78 Å². The highest BCUT2D eigenvalue weighted by Crippen LogP contribution is 2.14. The number of nitrogens with one attached hydrogen (secondary N) is 1. The van der Waals surface area contributed by atoms with Crippen molar-refractivity contribution in [3.63, 3.8) is 0 Å². The summed E-state index contributed by atoms with van der Waals surface area (Å²) in [7, 11) is 0. The average Bonchev–Trinajstić information content (AvgIpc) is 2.88. The van der Waals surface area contributed by atoms with Crippen LogP contribution in [0.1, 0.15) is 22.8 Å². The number of nitriles is 1. The molecule has 0 fully saturated rings. The smallest absolute Gasteiger partial charge is 0.258 e. The molecule has 0 spiro atoms. The number of amides is 1. The molecule has 0 aliphatic rings. The summed E-state index contributed by atoms with van der Waals surface area (Å²) in [5, 5.41) is 15.7. The molecule has 1 amide bonds. The van der Waals surface area contributed by atoms with Gasteiger partial charge >= 0.3 is 0 Å². The van der Waals surface area contributed by atoms with Gasteiger partial charge in [0.05, 0.1) is 23.0 Å². The molecule has 18 heavy (non-hydrogen) atoms. The minimum absolute atomic E-state index is 0.266. The van der Waals surface area contributed by atoms with Gasteiger partial charge in [-0.1, -0.05) is 12.1 Å². The van der Waals surface area contributed by atoms with Gasteiger partial charge in [0.2, 0.25) is 0 Å². The van der Waals surface area contributed by atoms with Gasteiger partial charge in [-0.05, 0) is 19.1 Å². The van der Waals surface area contributed by atoms with E-state index >= 15 is 0 Å². The Bertz CT molecular complexity index is 609. The highest BCUT2D eigenvalue weighted by atomic mass is 16.1. The number of benzene rings is 1. The Morgan fingerprint density at radius 1 is 1.50 bits per heavy atom. The van der Waals surface area contributed by atoms with Crippen LogP contribution in [-0.2, 0) is 6.54 Å². The molecule has 5 heteroatoms. The number of nitrogens with zero attached hydrogens (tertiary/aromatic N) is 3. The molecule has 1 N–H and O–H groups in total. The van der Waals surface area contributed by atoms with Crippen LogP contribution in [-0.4, -0.2) is 15.7 Å². The molecular weight excluding hydrogens is 228 g/mol. The van der Waals surface area contributed by atoms with Crippen molar-refractivity contribution in [2.45, 2.75) is 13.5 Å². The van der Waals surface area contributed by atoms with E-state index in [1.54, 1.807) is 35.1 Å². The normalized spacial score (nSPS) is 9.78. The summed E-state index contributed by atoms with van der Waals surface area (Å²) in [5.74, 6) is -0.266. The molecule has 1 aromatic carbocycles. The van der Waals surface area contributed by atoms with E-state index in [4.69, 9.17) is 5.26 Å². The summed E-state index contributed by atoms with van der Waals surface area (Å²) in [5.41, 5.74) is 1.42. The summed E-state index contributed by atoms with van der Waals surface area (Å²) in [6, 6.07) is 8.91. The van der Waals surface area contributed by atoms with Gasteiger partial charge in [0.25, 0.3) is 5.91 Å². The quantitative estimate of drug-likeness (QED) is 0.892. The van der Waals surface area contributed by atoms with E-state index < -0.39 is 0 Å². The van der Waals surface area contributed by atoms with Gasteiger partial charge in [0, 0.05) is 12.7 Å². The highest BCUT2D eigenvalue weighted by Gasteiger charge is 2.10. The second kappa shape index (κ2) is 5.15. The summed E-state index contributed by atoms with van der Waals surface area (Å²) >= 11 is 0. The summed E-state index contributed by atoms with van der Waals surface area (Å²) in [6.07, 6.45) is 3.18. The Hall–Kier alpha value is -2.61. The van der Waals surface area contributed by atoms with Crippen molar-refractivity contribution in [2.75, 3.05) is 5.32 Å². The fourth-order valence-electron chi connectivity index (χ4n) is 1.54. The van der Waals surface area contributed by atoms with Crippen LogP contribution in [0.5, 0.6) is 0 Å². The SMILES string of the molecule is CCn1cc(C(=O)Nc2ccccc2C#N)cn1. The van der Waals surface area contributed by atoms with E-state index in [-0.39, 0.29) is 5.91 Å². The lowest BCUT2D eigenvalue weighted by Crippen LogP contribution is -2.12. The summed E-state index contributed by atoms with van der Waals surface area (Å²) in [6.45, 7) is 2.65. The first-order valence-corrected chi connectivity index (χ1v) is 5.57. The Kier molecular flexibility index (Phi) is 3.39. The van der Waals surface area contributed by atoms with Gasteiger partial charge in [0.1, 0.15) is 6.07 Å². The largest absolute Gasteiger partial charge is 0.321 e. The van der Waals surface area contributed by atoms with Crippen LogP contribution in [0.25, 0.3) is 0 Å². The molecule has 5 nitrogen and oxygen atoms in total. The number of anilines is 1. The van der Waals surface area contributed by atoms with Crippen LogP contribution in [0, 0.1) is 11.3 Å². The first kappa shape index (κ1) is 11.9. The molecule has 0 saturated carbocycles. The van der Waals surface area contributed by atoms with Gasteiger partial charge in [-0.2, -0.15) is 10.4 Å². The zero-order valence-corrected chi connectivity index (χ0v) is 9.92. The van der Waals surface area contributed by atoms with Crippen LogP contribution >= 0.6 is 0 Å². The molecule has 1 heterocycles. The average molecular weight is 240 g/mol. The molecule has 0 aliphatic heterocycles. The fourth-order valence-corrected chi connectivity index (χ4v) is 1.54. The monoisotopic (exact) mass is 240 g/mol. The number of hydrogen-bond donors (Lipinski definition) is 1. The third-order valence-electron chi connectivity index (χ3n) is 2.52. The second-order valence-corrected chi connectivity index (χ2v) is 3.70. The molecule has 0 atom stereocenters. The van der Waals surface area contributed by atoms with E-state index in [2.05, 4.69) is 10.4 Å². The third kappa shape index (κ3) is 2.38. The van der Waals surface area contributed by atoms with Crippen LogP contribution in [0.3, 0.4) is 0 Å². The van der Waals surface area contributed by atoms with Crippen molar-refractivity contribution >= 4 is 11.6 Å². The van der Waals surface area contributed by atoms with E-state index in [1.165, 1.54) is 6.20 Å². The second-order valence-electron chi connectivity index (χ2n) is 3.70. The van der Waals surface area contributed by atoms with Crippen LogP contribution in [0.15, 0.2) is 36.7 Å². The van der Waals surface area contributed by atoms with E-state index in [1.807, 2.05) is 13.0 Å². The Morgan fingerprint density at radius 2 is 2.28 bits per heavy atom. The van der Waals surface area contributed by atoms with Gasteiger partial charge < -0.3 is 5.32 Å². The zero-order chi connectivity index (χ0) is 13.0. The number of hydrogen-bond acceptors (Lipinski definition) is 3. The number of aryl methyl sites for hydroxylation is 1. The summed E-state index contributed by atoms with van der Waals surface area (Å²) < 4.78 is 1.67. The zero-order valence-electron chi connectivity index (χ0n) is 9.92. The number of carbonyl (C=O) groups is 1.